The van der Waals surface area contributed by atoms with E-state index in [0.717, 1.165) is 12.0 Å². The molecule has 0 amide bonds. The van der Waals surface area contributed by atoms with E-state index in [1.807, 2.05) is 18.2 Å². The first kappa shape index (κ1) is 15.3. The van der Waals surface area contributed by atoms with Crippen LogP contribution < -0.4 is 15.2 Å². The molecule has 112 valence electrons. The Balaban J connectivity index is 2.36. The van der Waals surface area contributed by atoms with Gasteiger partial charge in [-0.2, -0.15) is 0 Å². The van der Waals surface area contributed by atoms with Crippen molar-refractivity contribution in [3.05, 3.63) is 53.3 Å². The summed E-state index contributed by atoms with van der Waals surface area (Å²) in [6.07, 6.45) is 1.34. The number of aryl methyl sites for hydroxylation is 1. The zero-order valence-corrected chi connectivity index (χ0v) is 12.4. The number of hydrogen-bond acceptors (Lipinski definition) is 3. The molecule has 0 spiro atoms. The zero-order chi connectivity index (χ0) is 15.2. The fraction of sp³-hybridized carbons (Fsp3) is 0.294. The maximum Gasteiger partial charge on any atom is 0.169 e. The summed E-state index contributed by atoms with van der Waals surface area (Å²) >= 11 is 0. The zero-order valence-electron chi connectivity index (χ0n) is 12.4. The van der Waals surface area contributed by atoms with Gasteiger partial charge in [0.15, 0.2) is 11.5 Å². The van der Waals surface area contributed by atoms with Crippen LogP contribution in [0.1, 0.15) is 18.1 Å². The van der Waals surface area contributed by atoms with Gasteiger partial charge in [-0.25, -0.2) is 4.39 Å². The van der Waals surface area contributed by atoms with Crippen molar-refractivity contribution in [3.8, 4) is 17.2 Å². The molecule has 2 aromatic rings. The van der Waals surface area contributed by atoms with Crippen molar-refractivity contribution in [2.45, 2.75) is 19.8 Å². The first-order valence-corrected chi connectivity index (χ1v) is 7.01. The first-order chi connectivity index (χ1) is 10.2. The molecule has 0 saturated heterocycles. The molecule has 0 aliphatic heterocycles. The Hall–Kier alpha value is -2.07. The highest BCUT2D eigenvalue weighted by molar-refractivity contribution is 5.47. The highest BCUT2D eigenvalue weighted by Crippen LogP contribution is 2.34. The summed E-state index contributed by atoms with van der Waals surface area (Å²) in [5.41, 5.74) is 7.18. The van der Waals surface area contributed by atoms with Gasteiger partial charge in [0.1, 0.15) is 11.6 Å². The minimum absolute atomic E-state index is 0.304. The molecule has 2 N–H and O–H groups in total. The lowest BCUT2D eigenvalue weighted by atomic mass is 10.1. The van der Waals surface area contributed by atoms with Crippen molar-refractivity contribution < 1.29 is 13.9 Å². The van der Waals surface area contributed by atoms with E-state index in [2.05, 4.69) is 6.92 Å². The van der Waals surface area contributed by atoms with Crippen LogP contribution in [0.2, 0.25) is 0 Å². The molecule has 0 saturated carbocycles. The van der Waals surface area contributed by atoms with E-state index in [9.17, 15) is 4.39 Å². The molecule has 0 bridgehead atoms. The molecule has 0 fully saturated rings. The Bertz CT molecular complexity index is 614. The average molecular weight is 289 g/mol. The third kappa shape index (κ3) is 3.52. The molecular weight excluding hydrogens is 269 g/mol. The topological polar surface area (TPSA) is 44.5 Å². The Morgan fingerprint density at radius 3 is 2.57 bits per heavy atom. The minimum atomic E-state index is -0.304. The second-order valence-corrected chi connectivity index (χ2v) is 4.70. The first-order valence-electron chi connectivity index (χ1n) is 7.01. The molecule has 3 nitrogen and oxygen atoms in total. The van der Waals surface area contributed by atoms with E-state index in [1.165, 1.54) is 6.07 Å². The van der Waals surface area contributed by atoms with Crippen LogP contribution in [0.4, 0.5) is 4.39 Å². The Labute approximate surface area is 124 Å². The van der Waals surface area contributed by atoms with Gasteiger partial charge in [-0.1, -0.05) is 19.1 Å². The molecule has 2 rings (SSSR count). The predicted octanol–water partition coefficient (Wildman–Crippen LogP) is 3.69. The van der Waals surface area contributed by atoms with E-state index in [1.54, 1.807) is 19.2 Å². The standard InChI is InChI=1S/C17H20FNO2/c1-3-12-7-8-16(17(11-12)20-2)21-15-6-4-5-14(18)13(15)9-10-19/h4-8,11H,3,9-10,19H2,1-2H3. The third-order valence-corrected chi connectivity index (χ3v) is 3.33. The molecule has 0 heterocycles. The van der Waals surface area contributed by atoms with Gasteiger partial charge in [0.25, 0.3) is 0 Å². The van der Waals surface area contributed by atoms with Gasteiger partial charge < -0.3 is 15.2 Å². The van der Waals surface area contributed by atoms with Gasteiger partial charge in [0.05, 0.1) is 7.11 Å². The van der Waals surface area contributed by atoms with Crippen molar-refractivity contribution in [2.75, 3.05) is 13.7 Å². The van der Waals surface area contributed by atoms with Crippen molar-refractivity contribution in [3.63, 3.8) is 0 Å². The highest BCUT2D eigenvalue weighted by atomic mass is 19.1. The van der Waals surface area contributed by atoms with Crippen molar-refractivity contribution in [1.29, 1.82) is 0 Å². The van der Waals surface area contributed by atoms with Crippen LogP contribution in [0, 0.1) is 5.82 Å². The van der Waals surface area contributed by atoms with Crippen LogP contribution in [0.15, 0.2) is 36.4 Å². The lowest BCUT2D eigenvalue weighted by molar-refractivity contribution is 0.376. The summed E-state index contributed by atoms with van der Waals surface area (Å²) < 4.78 is 25.1. The number of methoxy groups -OCH3 is 1. The van der Waals surface area contributed by atoms with Crippen LogP contribution in [0.3, 0.4) is 0 Å². The van der Waals surface area contributed by atoms with Crippen molar-refractivity contribution in [2.24, 2.45) is 5.73 Å². The van der Waals surface area contributed by atoms with Crippen molar-refractivity contribution in [1.82, 2.24) is 0 Å². The maximum absolute atomic E-state index is 13.9. The summed E-state index contributed by atoms with van der Waals surface area (Å²) in [5.74, 6) is 1.38. The molecule has 0 aliphatic rings. The molecule has 4 heteroatoms. The smallest absolute Gasteiger partial charge is 0.169 e. The van der Waals surface area contributed by atoms with Crippen LogP contribution in [-0.4, -0.2) is 13.7 Å². The second kappa shape index (κ2) is 7.09. The molecule has 0 aliphatic carbocycles. The molecule has 21 heavy (non-hydrogen) atoms. The van der Waals surface area contributed by atoms with Crippen LogP contribution >= 0.6 is 0 Å². The Morgan fingerprint density at radius 2 is 1.90 bits per heavy atom. The van der Waals surface area contributed by atoms with Crippen LogP contribution in [0.5, 0.6) is 17.2 Å². The number of halogens is 1. The lowest BCUT2D eigenvalue weighted by Gasteiger charge is -2.14. The lowest BCUT2D eigenvalue weighted by Crippen LogP contribution is -2.06. The molecule has 0 radical (unpaired) electrons. The van der Waals surface area contributed by atoms with Crippen molar-refractivity contribution >= 4 is 0 Å². The maximum atomic E-state index is 13.9. The van der Waals surface area contributed by atoms with E-state index in [-0.39, 0.29) is 5.82 Å². The largest absolute Gasteiger partial charge is 0.493 e. The molecule has 0 unspecified atom stereocenters. The average Bonchev–Trinajstić information content (AvgIpc) is 2.51. The summed E-state index contributed by atoms with van der Waals surface area (Å²) in [6, 6.07) is 10.5. The number of ether oxygens (including phenoxy) is 2. The molecule has 2 aromatic carbocycles. The van der Waals surface area contributed by atoms with Crippen LogP contribution in [0.25, 0.3) is 0 Å². The summed E-state index contributed by atoms with van der Waals surface area (Å²) in [7, 11) is 1.59. The number of benzene rings is 2. The number of nitrogens with two attached hydrogens (primary N) is 1. The Kier molecular flexibility index (Phi) is 5.17. The fourth-order valence-corrected chi connectivity index (χ4v) is 2.16. The summed E-state index contributed by atoms with van der Waals surface area (Å²) in [5, 5.41) is 0. The summed E-state index contributed by atoms with van der Waals surface area (Å²) in [6.45, 7) is 2.43. The normalized spacial score (nSPS) is 10.5. The van der Waals surface area contributed by atoms with Gasteiger partial charge in [0, 0.05) is 5.56 Å². The fourth-order valence-electron chi connectivity index (χ4n) is 2.16. The molecule has 0 aromatic heterocycles. The summed E-state index contributed by atoms with van der Waals surface area (Å²) in [4.78, 5) is 0. The monoisotopic (exact) mass is 289 g/mol. The van der Waals surface area contributed by atoms with E-state index in [0.29, 0.717) is 35.8 Å². The number of rotatable bonds is 6. The van der Waals surface area contributed by atoms with Gasteiger partial charge in [0.2, 0.25) is 0 Å². The van der Waals surface area contributed by atoms with Gasteiger partial charge in [-0.05, 0) is 49.2 Å². The molecular formula is C17H20FNO2. The Morgan fingerprint density at radius 1 is 1.10 bits per heavy atom. The van der Waals surface area contributed by atoms with E-state index in [4.69, 9.17) is 15.2 Å². The number of hydrogen-bond donors (Lipinski definition) is 1. The second-order valence-electron chi connectivity index (χ2n) is 4.70. The minimum Gasteiger partial charge on any atom is -0.493 e. The predicted molar refractivity (Wildman–Crippen MR) is 81.6 cm³/mol. The quantitative estimate of drug-likeness (QED) is 0.882. The van der Waals surface area contributed by atoms with Gasteiger partial charge in [-0.3, -0.25) is 0 Å². The van der Waals surface area contributed by atoms with E-state index >= 15 is 0 Å². The SMILES string of the molecule is CCc1ccc(Oc2cccc(F)c2CCN)c(OC)c1. The van der Waals surface area contributed by atoms with Gasteiger partial charge in [-0.15, -0.1) is 0 Å². The van der Waals surface area contributed by atoms with E-state index < -0.39 is 0 Å². The van der Waals surface area contributed by atoms with Gasteiger partial charge >= 0.3 is 0 Å². The highest BCUT2D eigenvalue weighted by Gasteiger charge is 2.12. The third-order valence-electron chi connectivity index (χ3n) is 3.33. The molecule has 0 atom stereocenters. The van der Waals surface area contributed by atoms with Crippen LogP contribution in [-0.2, 0) is 12.8 Å².